The predicted octanol–water partition coefficient (Wildman–Crippen LogP) is 5.53. The molecule has 4 heteroatoms. The minimum absolute atomic E-state index is 0.0252. The van der Waals surface area contributed by atoms with Gasteiger partial charge in [0.2, 0.25) is 0 Å². The Balaban J connectivity index is 1.35. The van der Waals surface area contributed by atoms with Crippen LogP contribution in [0, 0.1) is 17.8 Å². The van der Waals surface area contributed by atoms with Crippen LogP contribution in [0.3, 0.4) is 0 Å². The number of hydrogen-bond donors (Lipinski definition) is 2. The Morgan fingerprint density at radius 3 is 2.74 bits per heavy atom. The lowest BCUT2D eigenvalue weighted by atomic mass is 9.68. The van der Waals surface area contributed by atoms with Gasteiger partial charge in [0.05, 0.1) is 12.1 Å². The van der Waals surface area contributed by atoms with E-state index in [1.807, 2.05) is 19.9 Å². The van der Waals surface area contributed by atoms with E-state index in [1.165, 1.54) is 36.1 Å². The molecule has 0 aromatic heterocycles. The number of amides is 1. The second kappa shape index (κ2) is 8.66. The molecular formula is C27H34N2O2. The van der Waals surface area contributed by atoms with E-state index >= 15 is 0 Å². The zero-order valence-electron chi connectivity index (χ0n) is 18.6. The van der Waals surface area contributed by atoms with Gasteiger partial charge in [-0.3, -0.25) is 4.79 Å². The summed E-state index contributed by atoms with van der Waals surface area (Å²) < 4.78 is 5.57. The number of benzene rings is 2. The molecule has 2 aromatic rings. The van der Waals surface area contributed by atoms with E-state index in [4.69, 9.17) is 4.74 Å². The highest BCUT2D eigenvalue weighted by Crippen LogP contribution is 2.63. The minimum atomic E-state index is 0.0252. The Morgan fingerprint density at radius 2 is 1.94 bits per heavy atom. The molecule has 2 saturated carbocycles. The largest absolute Gasteiger partial charge is 0.379 e. The Hall–Kier alpha value is -2.33. The van der Waals surface area contributed by atoms with Crippen LogP contribution in [0.15, 0.2) is 48.5 Å². The Bertz CT molecular complexity index is 926. The smallest absolute Gasteiger partial charge is 0.251 e. The molecule has 0 saturated heterocycles. The van der Waals surface area contributed by atoms with Gasteiger partial charge in [-0.05, 0) is 92.5 Å². The van der Waals surface area contributed by atoms with Crippen molar-refractivity contribution in [1.29, 1.82) is 0 Å². The van der Waals surface area contributed by atoms with E-state index in [-0.39, 0.29) is 12.0 Å². The fourth-order valence-electron chi connectivity index (χ4n) is 6.31. The molecule has 1 heterocycles. The molecule has 3 aliphatic rings. The van der Waals surface area contributed by atoms with Crippen LogP contribution in [0.25, 0.3) is 0 Å². The van der Waals surface area contributed by atoms with Crippen molar-refractivity contribution in [1.82, 2.24) is 5.32 Å². The van der Waals surface area contributed by atoms with E-state index in [2.05, 4.69) is 53.1 Å². The molecule has 2 fully saturated rings. The molecular weight excluding hydrogens is 384 g/mol. The number of ether oxygens (including phenoxy) is 1. The van der Waals surface area contributed by atoms with Crippen molar-refractivity contribution in [2.45, 2.75) is 57.6 Å². The van der Waals surface area contributed by atoms with Crippen molar-refractivity contribution in [3.63, 3.8) is 0 Å². The van der Waals surface area contributed by atoms with Crippen molar-refractivity contribution in [3.8, 4) is 0 Å². The van der Waals surface area contributed by atoms with Crippen LogP contribution in [0.1, 0.15) is 73.0 Å². The lowest BCUT2D eigenvalue weighted by molar-refractivity contribution is 0.0757. The van der Waals surface area contributed by atoms with Gasteiger partial charge >= 0.3 is 0 Å². The van der Waals surface area contributed by atoms with Gasteiger partial charge in [0.25, 0.3) is 5.91 Å². The van der Waals surface area contributed by atoms with Gasteiger partial charge in [0, 0.05) is 24.4 Å². The van der Waals surface area contributed by atoms with Gasteiger partial charge in [-0.15, -0.1) is 0 Å². The molecule has 31 heavy (non-hydrogen) atoms. The molecule has 5 atom stereocenters. The molecule has 2 aromatic carbocycles. The summed E-state index contributed by atoms with van der Waals surface area (Å²) in [5, 5.41) is 6.93. The highest BCUT2D eigenvalue weighted by molar-refractivity contribution is 5.95. The summed E-state index contributed by atoms with van der Waals surface area (Å²) in [5.41, 5.74) is 4.75. The average molecular weight is 419 g/mol. The lowest BCUT2D eigenvalue weighted by Crippen LogP contribution is -2.35. The molecule has 0 spiro atoms. The fourth-order valence-corrected chi connectivity index (χ4v) is 6.31. The fraction of sp³-hybridized carbons (Fsp3) is 0.519. The van der Waals surface area contributed by atoms with E-state index in [1.54, 1.807) is 0 Å². The van der Waals surface area contributed by atoms with E-state index in [0.29, 0.717) is 31.0 Å². The maximum atomic E-state index is 12.8. The third-order valence-electron chi connectivity index (χ3n) is 7.57. The van der Waals surface area contributed by atoms with Gasteiger partial charge in [-0.25, -0.2) is 0 Å². The maximum Gasteiger partial charge on any atom is 0.251 e. The normalized spacial score (nSPS) is 28.2. The zero-order chi connectivity index (χ0) is 21.4. The summed E-state index contributed by atoms with van der Waals surface area (Å²) in [4.78, 5) is 12.8. The van der Waals surface area contributed by atoms with Crippen LogP contribution in [-0.4, -0.2) is 25.2 Å². The zero-order valence-corrected chi connectivity index (χ0v) is 18.6. The third kappa shape index (κ3) is 3.98. The first-order chi connectivity index (χ1) is 15.1. The van der Waals surface area contributed by atoms with Crippen LogP contribution in [-0.2, 0) is 4.74 Å². The van der Waals surface area contributed by atoms with Gasteiger partial charge in [-0.1, -0.05) is 30.3 Å². The van der Waals surface area contributed by atoms with E-state index in [9.17, 15) is 4.79 Å². The Labute approximate surface area is 185 Å². The summed E-state index contributed by atoms with van der Waals surface area (Å²) >= 11 is 0. The van der Waals surface area contributed by atoms with Crippen LogP contribution >= 0.6 is 0 Å². The molecule has 0 radical (unpaired) electrons. The first-order valence-corrected chi connectivity index (χ1v) is 12.0. The molecule has 2 N–H and O–H groups in total. The average Bonchev–Trinajstić information content (AvgIpc) is 3.41. The molecule has 1 amide bonds. The summed E-state index contributed by atoms with van der Waals surface area (Å²) in [5.74, 6) is 2.76. The number of nitrogens with one attached hydrogen (secondary N) is 2. The highest BCUT2D eigenvalue weighted by atomic mass is 16.5. The first-order valence-electron chi connectivity index (χ1n) is 12.0. The molecule has 0 unspecified atom stereocenters. The standard InChI is InChI=1S/C27H34N2O2/c1-17(2)31-14-6-13-28-27(30)21-11-12-23-22(16-21)24-19-9-10-20(15-19)25(24)26(29-23)18-7-4-3-5-8-18/h3-5,7-8,11-12,16-17,19-20,24-26,29H,6,9-10,13-15H2,1-2H3,(H,28,30)/t19-,20-,24-,25+,26+/m1/s1. The SMILES string of the molecule is CC(C)OCCCNC(=O)c1ccc2c(c1)[C@H]1[C@@H]3CC[C@H](C3)[C@@H]1[C@H](c1ccccc1)N2. The van der Waals surface area contributed by atoms with E-state index < -0.39 is 0 Å². The molecule has 4 nitrogen and oxygen atoms in total. The van der Waals surface area contributed by atoms with Crippen LogP contribution < -0.4 is 10.6 Å². The summed E-state index contributed by atoms with van der Waals surface area (Å²) in [6, 6.07) is 17.6. The second-order valence-electron chi connectivity index (χ2n) is 9.80. The molecule has 164 valence electrons. The van der Waals surface area contributed by atoms with Crippen molar-refractivity contribution >= 4 is 11.6 Å². The first kappa shape index (κ1) is 20.6. The maximum absolute atomic E-state index is 12.8. The predicted molar refractivity (Wildman–Crippen MR) is 124 cm³/mol. The number of hydrogen-bond acceptors (Lipinski definition) is 3. The second-order valence-corrected chi connectivity index (χ2v) is 9.80. The van der Waals surface area contributed by atoms with Crippen molar-refractivity contribution in [2.75, 3.05) is 18.5 Å². The molecule has 2 bridgehead atoms. The monoisotopic (exact) mass is 418 g/mol. The highest BCUT2D eigenvalue weighted by Gasteiger charge is 2.53. The Morgan fingerprint density at radius 1 is 1.13 bits per heavy atom. The van der Waals surface area contributed by atoms with Gasteiger partial charge in [0.1, 0.15) is 0 Å². The van der Waals surface area contributed by atoms with Crippen molar-refractivity contribution < 1.29 is 9.53 Å². The van der Waals surface area contributed by atoms with Gasteiger partial charge < -0.3 is 15.4 Å². The Kier molecular flexibility index (Phi) is 5.75. The topological polar surface area (TPSA) is 50.4 Å². The van der Waals surface area contributed by atoms with Gasteiger partial charge in [0.15, 0.2) is 0 Å². The van der Waals surface area contributed by atoms with Crippen molar-refractivity contribution in [2.24, 2.45) is 17.8 Å². The number of anilines is 1. The van der Waals surface area contributed by atoms with Gasteiger partial charge in [-0.2, -0.15) is 0 Å². The quantitative estimate of drug-likeness (QED) is 0.582. The minimum Gasteiger partial charge on any atom is -0.379 e. The van der Waals surface area contributed by atoms with Crippen molar-refractivity contribution in [3.05, 3.63) is 65.2 Å². The number of carbonyl (C=O) groups excluding carboxylic acids is 1. The van der Waals surface area contributed by atoms with E-state index in [0.717, 1.165) is 23.8 Å². The lowest BCUT2D eigenvalue weighted by Gasteiger charge is -2.43. The third-order valence-corrected chi connectivity index (χ3v) is 7.57. The summed E-state index contributed by atoms with van der Waals surface area (Å²) in [6.45, 7) is 5.39. The number of fused-ring (bicyclic) bond motifs is 7. The van der Waals surface area contributed by atoms with Crippen LogP contribution in [0.2, 0.25) is 0 Å². The van der Waals surface area contributed by atoms with Crippen LogP contribution in [0.5, 0.6) is 0 Å². The summed E-state index contributed by atoms with van der Waals surface area (Å²) in [7, 11) is 0. The molecule has 5 rings (SSSR count). The number of carbonyl (C=O) groups is 1. The summed E-state index contributed by atoms with van der Waals surface area (Å²) in [6.07, 6.45) is 5.10. The van der Waals surface area contributed by atoms with Crippen LogP contribution in [0.4, 0.5) is 5.69 Å². The number of rotatable bonds is 7. The molecule has 1 aliphatic heterocycles. The molecule has 2 aliphatic carbocycles.